The lowest BCUT2D eigenvalue weighted by atomic mass is 9.94. The van der Waals surface area contributed by atoms with Crippen LogP contribution in [-0.2, 0) is 4.74 Å². The number of nitrogens with zero attached hydrogens (tertiary/aromatic N) is 4. The predicted molar refractivity (Wildman–Crippen MR) is 161 cm³/mol. The number of alkyl halides is 1. The monoisotopic (exact) mass is 602 g/mol. The number of anilines is 1. The Balaban J connectivity index is 1.41. The van der Waals surface area contributed by atoms with E-state index < -0.39 is 23.2 Å². The Morgan fingerprint density at radius 3 is 2.84 bits per heavy atom. The average Bonchev–Trinajstić information content (AvgIpc) is 3.51. The van der Waals surface area contributed by atoms with Gasteiger partial charge in [0, 0.05) is 43.1 Å². The van der Waals surface area contributed by atoms with Crippen molar-refractivity contribution in [2.24, 2.45) is 0 Å². The topological polar surface area (TPSA) is 101 Å². The Bertz CT molecular complexity index is 1910. The summed E-state index contributed by atoms with van der Waals surface area (Å²) in [7, 11) is 1.62. The Labute approximate surface area is 252 Å². The van der Waals surface area contributed by atoms with Crippen LogP contribution in [0.1, 0.15) is 36.8 Å². The highest BCUT2D eigenvalue weighted by Gasteiger charge is 2.49. The number of methoxy groups -OCH3 is 1. The van der Waals surface area contributed by atoms with Gasteiger partial charge in [-0.25, -0.2) is 13.6 Å². The molecule has 0 spiro atoms. The van der Waals surface area contributed by atoms with Crippen LogP contribution in [0.5, 0.6) is 11.8 Å². The van der Waals surface area contributed by atoms with Gasteiger partial charge in [0.2, 0.25) is 0 Å². The fourth-order valence-electron chi connectivity index (χ4n) is 7.22. The molecular formula is C33H32F2N4O5. The number of aromatic hydroxyl groups is 1. The van der Waals surface area contributed by atoms with Crippen LogP contribution in [0.25, 0.3) is 33.0 Å². The summed E-state index contributed by atoms with van der Waals surface area (Å²) in [4.78, 5) is 27.3. The molecular weight excluding hydrogens is 570 g/mol. The van der Waals surface area contributed by atoms with Gasteiger partial charge in [0.05, 0.1) is 29.3 Å². The first-order chi connectivity index (χ1) is 21.2. The second kappa shape index (κ2) is 10.7. The van der Waals surface area contributed by atoms with Crippen LogP contribution in [0, 0.1) is 25.1 Å². The third-order valence-electron chi connectivity index (χ3n) is 9.41. The zero-order valence-electron chi connectivity index (χ0n) is 24.5. The second-order valence-electron chi connectivity index (χ2n) is 12.0. The van der Waals surface area contributed by atoms with Crippen LogP contribution in [-0.4, -0.2) is 77.7 Å². The third kappa shape index (κ3) is 4.47. The molecule has 2 aromatic heterocycles. The molecule has 3 atom stereocenters. The van der Waals surface area contributed by atoms with Gasteiger partial charge in [-0.1, -0.05) is 12.0 Å². The zero-order valence-corrected chi connectivity index (χ0v) is 24.5. The summed E-state index contributed by atoms with van der Waals surface area (Å²) >= 11 is 0. The van der Waals surface area contributed by atoms with E-state index in [0.29, 0.717) is 53.8 Å². The fourth-order valence-corrected chi connectivity index (χ4v) is 7.22. The van der Waals surface area contributed by atoms with E-state index in [-0.39, 0.29) is 46.7 Å². The number of terminal acetylenes is 1. The number of hydrogen-bond donors (Lipinski definition) is 1. The molecule has 0 saturated carbocycles. The number of phenols is 1. The van der Waals surface area contributed by atoms with Crippen LogP contribution in [0.2, 0.25) is 0 Å². The van der Waals surface area contributed by atoms with Crippen LogP contribution >= 0.6 is 0 Å². The van der Waals surface area contributed by atoms with Crippen molar-refractivity contribution in [1.29, 1.82) is 0 Å². The molecule has 5 heterocycles. The molecule has 228 valence electrons. The maximum Gasteiger partial charge on any atom is 0.349 e. The van der Waals surface area contributed by atoms with E-state index in [1.54, 1.807) is 14.0 Å². The van der Waals surface area contributed by atoms with Crippen molar-refractivity contribution < 1.29 is 27.8 Å². The lowest BCUT2D eigenvalue weighted by Gasteiger charge is -2.41. The first kappa shape index (κ1) is 28.5. The number of fused-ring (bicyclic) bond motifs is 3. The molecule has 4 aromatic rings. The number of ether oxygens (including phenoxy) is 2. The first-order valence-corrected chi connectivity index (χ1v) is 14.8. The van der Waals surface area contributed by atoms with Gasteiger partial charge in [0.15, 0.2) is 5.82 Å². The molecule has 3 fully saturated rings. The quantitative estimate of drug-likeness (QED) is 0.301. The summed E-state index contributed by atoms with van der Waals surface area (Å²) in [6.07, 6.45) is 7.82. The van der Waals surface area contributed by atoms with E-state index in [0.717, 1.165) is 25.8 Å². The van der Waals surface area contributed by atoms with Gasteiger partial charge < -0.3 is 23.9 Å². The van der Waals surface area contributed by atoms with Gasteiger partial charge in [0.25, 0.3) is 0 Å². The summed E-state index contributed by atoms with van der Waals surface area (Å²) in [5.41, 5.74) is -0.117. The van der Waals surface area contributed by atoms with Gasteiger partial charge in [-0.15, -0.1) is 6.42 Å². The number of rotatable bonds is 7. The fraction of sp³-hybridized carbons (Fsp3) is 0.424. The van der Waals surface area contributed by atoms with E-state index >= 15 is 0 Å². The molecule has 0 unspecified atom stereocenters. The molecule has 9 nitrogen and oxygen atoms in total. The Kier molecular flexibility index (Phi) is 6.94. The van der Waals surface area contributed by atoms with E-state index in [1.165, 1.54) is 24.3 Å². The van der Waals surface area contributed by atoms with E-state index in [4.69, 9.17) is 30.3 Å². The van der Waals surface area contributed by atoms with Gasteiger partial charge in [0.1, 0.15) is 35.5 Å². The molecule has 7 rings (SSSR count). The Morgan fingerprint density at radius 1 is 1.25 bits per heavy atom. The molecule has 0 radical (unpaired) electrons. The second-order valence-corrected chi connectivity index (χ2v) is 12.0. The van der Waals surface area contributed by atoms with Crippen molar-refractivity contribution in [1.82, 2.24) is 14.9 Å². The maximum atomic E-state index is 14.8. The third-order valence-corrected chi connectivity index (χ3v) is 9.41. The van der Waals surface area contributed by atoms with Crippen molar-refractivity contribution >= 4 is 27.5 Å². The van der Waals surface area contributed by atoms with Crippen molar-refractivity contribution in [2.75, 3.05) is 44.9 Å². The Hall–Kier alpha value is -4.27. The van der Waals surface area contributed by atoms with Crippen LogP contribution in [0.15, 0.2) is 33.5 Å². The van der Waals surface area contributed by atoms with Crippen molar-refractivity contribution in [3.63, 3.8) is 0 Å². The van der Waals surface area contributed by atoms with E-state index in [9.17, 15) is 18.7 Å². The lowest BCUT2D eigenvalue weighted by molar-refractivity contribution is 0.107. The molecule has 3 aliphatic rings. The van der Waals surface area contributed by atoms with E-state index in [2.05, 4.69) is 10.8 Å². The molecule has 3 saturated heterocycles. The molecule has 3 aliphatic heterocycles. The van der Waals surface area contributed by atoms with Gasteiger partial charge >= 0.3 is 11.6 Å². The number of aryl methyl sites for hydroxylation is 1. The Morgan fingerprint density at radius 2 is 2.09 bits per heavy atom. The predicted octanol–water partition coefficient (Wildman–Crippen LogP) is 4.72. The van der Waals surface area contributed by atoms with E-state index in [1.807, 2.05) is 4.90 Å². The molecule has 2 aromatic carbocycles. The van der Waals surface area contributed by atoms with Crippen molar-refractivity contribution in [3.05, 3.63) is 51.6 Å². The summed E-state index contributed by atoms with van der Waals surface area (Å²) in [6.45, 7) is 4.24. The van der Waals surface area contributed by atoms with Gasteiger partial charge in [-0.3, -0.25) is 4.90 Å². The lowest BCUT2D eigenvalue weighted by Crippen LogP contribution is -2.51. The molecule has 0 amide bonds. The standard InChI is InChI=1S/C33H32F2N4O5/c1-4-23-25(35)7-6-19-12-22(40)13-24(26(19)23)29-18(2)28-27(31(41)44-29)30(39-11-8-21(39)16-42-3)37-32(36-28)43-17-33-9-5-10-38(33)15-20(34)14-33/h1,6-7,12-13,20-21,40H,5,8-11,14-17H2,2-3H3/t20-,21+,33+/m1/s1. The number of halogens is 2. The number of benzene rings is 2. The minimum atomic E-state index is -0.910. The first-order valence-electron chi connectivity index (χ1n) is 14.8. The minimum Gasteiger partial charge on any atom is -0.508 e. The van der Waals surface area contributed by atoms with Crippen molar-refractivity contribution in [3.8, 4) is 35.4 Å². The zero-order chi connectivity index (χ0) is 30.7. The van der Waals surface area contributed by atoms with Crippen molar-refractivity contribution in [2.45, 2.75) is 50.4 Å². The average molecular weight is 603 g/mol. The SMILES string of the molecule is C#Cc1c(F)ccc2cc(O)cc(-c3oc(=O)c4c(N5CC[C@H]5COC)nc(OC[C@@]56CCCN5C[C@H](F)C6)nc4c3C)c12. The van der Waals surface area contributed by atoms with Crippen LogP contribution < -0.4 is 15.3 Å². The largest absolute Gasteiger partial charge is 0.508 e. The van der Waals surface area contributed by atoms with Gasteiger partial charge in [-0.05, 0) is 56.3 Å². The highest BCUT2D eigenvalue weighted by atomic mass is 19.1. The van der Waals surface area contributed by atoms with Gasteiger partial charge in [-0.2, -0.15) is 9.97 Å². The molecule has 44 heavy (non-hydrogen) atoms. The highest BCUT2D eigenvalue weighted by molar-refractivity contribution is 6.03. The maximum absolute atomic E-state index is 14.8. The normalized spacial score (nSPS) is 23.2. The van der Waals surface area contributed by atoms with Crippen LogP contribution in [0.4, 0.5) is 14.6 Å². The minimum absolute atomic E-state index is 0.00689. The summed E-state index contributed by atoms with van der Waals surface area (Å²) in [5.74, 6) is 2.14. The smallest absolute Gasteiger partial charge is 0.349 e. The number of aromatic nitrogens is 2. The summed E-state index contributed by atoms with van der Waals surface area (Å²) in [5, 5.41) is 11.6. The van der Waals surface area contributed by atoms with Crippen LogP contribution in [0.3, 0.4) is 0 Å². The summed E-state index contributed by atoms with van der Waals surface area (Å²) < 4.78 is 46.9. The molecule has 0 aliphatic carbocycles. The molecule has 1 N–H and O–H groups in total. The number of phenolic OH excluding ortho intramolecular Hbond substituents is 1. The summed E-state index contributed by atoms with van der Waals surface area (Å²) in [6, 6.07) is 5.66. The highest BCUT2D eigenvalue weighted by Crippen LogP contribution is 2.42. The number of hydrogen-bond acceptors (Lipinski definition) is 9. The molecule has 0 bridgehead atoms. The molecule has 11 heteroatoms.